The van der Waals surface area contributed by atoms with E-state index in [1.54, 1.807) is 6.20 Å². The Balaban J connectivity index is 1.87. The fourth-order valence-electron chi connectivity index (χ4n) is 2.72. The van der Waals surface area contributed by atoms with Crippen LogP contribution >= 0.6 is 0 Å². The highest BCUT2D eigenvalue weighted by Gasteiger charge is 2.15. The van der Waals surface area contributed by atoms with E-state index in [1.807, 2.05) is 44.2 Å². The van der Waals surface area contributed by atoms with Gasteiger partial charge in [-0.25, -0.2) is 9.97 Å². The molecule has 144 valence electrons. The highest BCUT2D eigenvalue weighted by atomic mass is 16.7. The van der Waals surface area contributed by atoms with Crippen LogP contribution in [0.2, 0.25) is 0 Å². The Bertz CT molecular complexity index is 870. The number of hydrogen-bond acceptors (Lipinski definition) is 5. The summed E-state index contributed by atoms with van der Waals surface area (Å²) in [5, 5.41) is 0. The second-order valence-corrected chi connectivity index (χ2v) is 6.69. The number of aromatic nitrogens is 3. The minimum atomic E-state index is -0.426. The van der Waals surface area contributed by atoms with Crippen molar-refractivity contribution in [3.05, 3.63) is 42.2 Å². The van der Waals surface area contributed by atoms with Gasteiger partial charge in [0, 0.05) is 18.8 Å². The van der Waals surface area contributed by atoms with Gasteiger partial charge in [-0.05, 0) is 38.0 Å². The highest BCUT2D eigenvalue weighted by molar-refractivity contribution is 5.77. The van der Waals surface area contributed by atoms with Crippen LogP contribution in [0.3, 0.4) is 0 Å². The number of nitrogens with zero attached hydrogens (tertiary/aromatic N) is 2. The lowest BCUT2D eigenvalue weighted by Crippen LogP contribution is -2.08. The predicted molar refractivity (Wildman–Crippen MR) is 106 cm³/mol. The molecule has 6 heteroatoms. The highest BCUT2D eigenvalue weighted by Crippen LogP contribution is 2.26. The molecule has 6 nitrogen and oxygen atoms in total. The van der Waals surface area contributed by atoms with Crippen LogP contribution < -0.4 is 4.74 Å². The number of fused-ring (bicyclic) bond motifs is 1. The summed E-state index contributed by atoms with van der Waals surface area (Å²) in [6.07, 6.45) is 1.36. The Morgan fingerprint density at radius 3 is 2.56 bits per heavy atom. The van der Waals surface area contributed by atoms with Gasteiger partial charge < -0.3 is 19.2 Å². The molecule has 0 saturated heterocycles. The zero-order valence-electron chi connectivity index (χ0n) is 16.4. The van der Waals surface area contributed by atoms with Crippen molar-refractivity contribution in [1.82, 2.24) is 15.0 Å². The molecule has 1 N–H and O–H groups in total. The fourth-order valence-corrected chi connectivity index (χ4v) is 2.72. The smallest absolute Gasteiger partial charge is 0.198 e. The molecule has 1 aromatic carbocycles. The van der Waals surface area contributed by atoms with Crippen molar-refractivity contribution in [2.45, 2.75) is 34.0 Å². The van der Waals surface area contributed by atoms with Crippen molar-refractivity contribution in [3.63, 3.8) is 0 Å². The van der Waals surface area contributed by atoms with Crippen LogP contribution in [0.25, 0.3) is 22.4 Å². The predicted octanol–water partition coefficient (Wildman–Crippen LogP) is 4.73. The van der Waals surface area contributed by atoms with E-state index in [4.69, 9.17) is 19.2 Å². The van der Waals surface area contributed by atoms with Crippen LogP contribution in [0.1, 0.15) is 39.7 Å². The van der Waals surface area contributed by atoms with Gasteiger partial charge in [-0.3, -0.25) is 0 Å². The third-order valence-electron chi connectivity index (χ3n) is 3.96. The van der Waals surface area contributed by atoms with E-state index in [0.717, 1.165) is 28.0 Å². The lowest BCUT2D eigenvalue weighted by atomic mass is 10.2. The third kappa shape index (κ3) is 4.84. The van der Waals surface area contributed by atoms with E-state index in [1.165, 1.54) is 0 Å². The number of rotatable bonds is 9. The lowest BCUT2D eigenvalue weighted by Gasteiger charge is -2.14. The summed E-state index contributed by atoms with van der Waals surface area (Å²) in [7, 11) is 0. The van der Waals surface area contributed by atoms with Crippen molar-refractivity contribution in [2.75, 3.05) is 19.8 Å². The Morgan fingerprint density at radius 2 is 1.85 bits per heavy atom. The van der Waals surface area contributed by atoms with E-state index >= 15 is 0 Å². The molecule has 0 atom stereocenters. The van der Waals surface area contributed by atoms with Crippen LogP contribution in [0.5, 0.6) is 5.75 Å². The van der Waals surface area contributed by atoms with Crippen molar-refractivity contribution < 1.29 is 14.2 Å². The molecule has 27 heavy (non-hydrogen) atoms. The number of H-pyrrole nitrogens is 1. The van der Waals surface area contributed by atoms with E-state index in [-0.39, 0.29) is 0 Å². The normalized spacial score (nSPS) is 11.6. The van der Waals surface area contributed by atoms with Gasteiger partial charge in [0.2, 0.25) is 0 Å². The van der Waals surface area contributed by atoms with Crippen LogP contribution in [0, 0.1) is 5.92 Å². The molecule has 0 saturated carbocycles. The van der Waals surface area contributed by atoms with Crippen LogP contribution in [-0.4, -0.2) is 34.8 Å². The first-order valence-corrected chi connectivity index (χ1v) is 9.42. The summed E-state index contributed by atoms with van der Waals surface area (Å²) in [5.41, 5.74) is 3.44. The topological polar surface area (TPSA) is 69.3 Å². The Hall–Kier alpha value is -2.44. The quantitative estimate of drug-likeness (QED) is 0.552. The standard InChI is InChI=1S/C21H27N3O3/c1-5-25-21(26-6-2)18-11-17-19(23-18)12-22-20(24-17)15-8-7-9-16(10-15)27-13-14(3)4/h7-12,14,21,23H,5-6,13H2,1-4H3. The van der Waals surface area contributed by atoms with Crippen molar-refractivity contribution >= 4 is 11.0 Å². The first-order chi connectivity index (χ1) is 13.1. The summed E-state index contributed by atoms with van der Waals surface area (Å²) < 4.78 is 17.1. The van der Waals surface area contributed by atoms with Gasteiger partial charge in [-0.1, -0.05) is 26.0 Å². The molecule has 3 rings (SSSR count). The second kappa shape index (κ2) is 8.97. The average Bonchev–Trinajstić information content (AvgIpc) is 3.09. The van der Waals surface area contributed by atoms with Crippen LogP contribution in [0.15, 0.2) is 36.5 Å². The van der Waals surface area contributed by atoms with E-state index in [9.17, 15) is 0 Å². The minimum absolute atomic E-state index is 0.426. The molecular weight excluding hydrogens is 342 g/mol. The van der Waals surface area contributed by atoms with Gasteiger partial charge in [0.05, 0.1) is 29.5 Å². The summed E-state index contributed by atoms with van der Waals surface area (Å²) in [6, 6.07) is 9.82. The van der Waals surface area contributed by atoms with Crippen molar-refractivity contribution in [1.29, 1.82) is 0 Å². The number of ether oxygens (including phenoxy) is 3. The molecular formula is C21H27N3O3. The van der Waals surface area contributed by atoms with Crippen molar-refractivity contribution in [2.24, 2.45) is 5.92 Å². The molecule has 0 radical (unpaired) electrons. The zero-order valence-corrected chi connectivity index (χ0v) is 16.4. The van der Waals surface area contributed by atoms with Crippen molar-refractivity contribution in [3.8, 4) is 17.1 Å². The molecule has 0 fully saturated rings. The molecule has 2 aromatic heterocycles. The van der Waals surface area contributed by atoms with Crippen LogP contribution in [0.4, 0.5) is 0 Å². The lowest BCUT2D eigenvalue weighted by molar-refractivity contribution is -0.142. The maximum absolute atomic E-state index is 5.81. The molecule has 0 aliphatic heterocycles. The summed E-state index contributed by atoms with van der Waals surface area (Å²) in [5.74, 6) is 1.96. The zero-order chi connectivity index (χ0) is 19.2. The second-order valence-electron chi connectivity index (χ2n) is 6.69. The van der Waals surface area contributed by atoms with Gasteiger partial charge in [0.1, 0.15) is 5.75 Å². The first kappa shape index (κ1) is 19.3. The third-order valence-corrected chi connectivity index (χ3v) is 3.96. The van der Waals surface area contributed by atoms with Gasteiger partial charge >= 0.3 is 0 Å². The monoisotopic (exact) mass is 369 g/mol. The molecule has 0 spiro atoms. The van der Waals surface area contributed by atoms with Gasteiger partial charge in [-0.15, -0.1) is 0 Å². The maximum Gasteiger partial charge on any atom is 0.198 e. The number of benzene rings is 1. The number of aromatic amines is 1. The van der Waals surface area contributed by atoms with Gasteiger partial charge in [-0.2, -0.15) is 0 Å². The molecule has 0 unspecified atom stereocenters. The Morgan fingerprint density at radius 1 is 1.07 bits per heavy atom. The number of nitrogens with one attached hydrogen (secondary N) is 1. The van der Waals surface area contributed by atoms with Gasteiger partial charge in [0.15, 0.2) is 12.1 Å². The molecule has 3 aromatic rings. The summed E-state index contributed by atoms with van der Waals surface area (Å²) in [4.78, 5) is 12.5. The molecule has 0 bridgehead atoms. The van der Waals surface area contributed by atoms with Gasteiger partial charge in [0.25, 0.3) is 0 Å². The van der Waals surface area contributed by atoms with Crippen LogP contribution in [-0.2, 0) is 9.47 Å². The van der Waals surface area contributed by atoms with E-state index in [2.05, 4.69) is 23.8 Å². The summed E-state index contributed by atoms with van der Waals surface area (Å²) in [6.45, 7) is 9.97. The molecule has 0 amide bonds. The Labute approximate surface area is 159 Å². The molecule has 0 aliphatic rings. The SMILES string of the molecule is CCOC(OCC)c1cc2nc(-c3cccc(OCC(C)C)c3)ncc2[nH]1. The first-order valence-electron chi connectivity index (χ1n) is 9.42. The number of hydrogen-bond donors (Lipinski definition) is 1. The Kier molecular flexibility index (Phi) is 6.42. The van der Waals surface area contributed by atoms with E-state index < -0.39 is 6.29 Å². The molecule has 2 heterocycles. The largest absolute Gasteiger partial charge is 0.493 e. The molecule has 0 aliphatic carbocycles. The van der Waals surface area contributed by atoms with E-state index in [0.29, 0.717) is 31.6 Å². The summed E-state index contributed by atoms with van der Waals surface area (Å²) >= 11 is 0. The fraction of sp³-hybridized carbons (Fsp3) is 0.429. The minimum Gasteiger partial charge on any atom is -0.493 e. The maximum atomic E-state index is 5.81. The average molecular weight is 369 g/mol.